The van der Waals surface area contributed by atoms with E-state index in [0.29, 0.717) is 0 Å². The van der Waals surface area contributed by atoms with Crippen LogP contribution in [-0.4, -0.2) is 25.9 Å². The van der Waals surface area contributed by atoms with Crippen LogP contribution in [0.2, 0.25) is 19.6 Å². The minimum Gasteiger partial charge on any atom is -0.335 e. The molecule has 2 aliphatic carbocycles. The molecular weight excluding hydrogens is 766 g/mol. The first-order chi connectivity index (χ1) is 29.1. The summed E-state index contributed by atoms with van der Waals surface area (Å²) in [5, 5.41) is 1.58. The van der Waals surface area contributed by atoms with Crippen LogP contribution in [0, 0.1) is 0 Å². The number of fused-ring (bicyclic) bond motifs is 10. The molecule has 2 fully saturated rings. The van der Waals surface area contributed by atoms with Crippen molar-refractivity contribution in [2.45, 2.75) is 173 Å². The van der Waals surface area contributed by atoms with E-state index < -0.39 is 8.07 Å². The summed E-state index contributed by atoms with van der Waals surface area (Å²) in [6, 6.07) is 37.6. The summed E-state index contributed by atoms with van der Waals surface area (Å²) in [7, 11) is -1.55. The number of hydrogen-bond acceptors (Lipinski definition) is 3. The lowest BCUT2D eigenvalue weighted by Gasteiger charge is -2.54. The lowest BCUT2D eigenvalue weighted by atomic mass is 9.33. The third kappa shape index (κ3) is 5.18. The van der Waals surface area contributed by atoms with Crippen molar-refractivity contribution in [3.05, 3.63) is 113 Å². The Morgan fingerprint density at radius 3 is 1.81 bits per heavy atom. The van der Waals surface area contributed by atoms with Gasteiger partial charge in [0.2, 0.25) is 0 Å². The maximum atomic E-state index is 2.93. The third-order valence-corrected chi connectivity index (χ3v) is 20.1. The molecule has 0 bridgehead atoms. The van der Waals surface area contributed by atoms with Crippen LogP contribution in [0.3, 0.4) is 0 Å². The zero-order chi connectivity index (χ0) is 43.7. The van der Waals surface area contributed by atoms with E-state index in [1.54, 1.807) is 16.3 Å². The van der Waals surface area contributed by atoms with Crippen LogP contribution >= 0.6 is 0 Å². The molecule has 4 heterocycles. The van der Waals surface area contributed by atoms with Crippen LogP contribution in [-0.2, 0) is 21.7 Å². The summed E-state index contributed by atoms with van der Waals surface area (Å²) >= 11 is 0. The molecule has 0 aromatic heterocycles. The molecule has 0 radical (unpaired) electrons. The minimum absolute atomic E-state index is 0.00549. The molecule has 0 saturated heterocycles. The van der Waals surface area contributed by atoms with Gasteiger partial charge in [0, 0.05) is 50.6 Å². The van der Waals surface area contributed by atoms with E-state index in [1.807, 2.05) is 0 Å². The summed E-state index contributed by atoms with van der Waals surface area (Å²) in [5.41, 5.74) is 20.0. The Balaban J connectivity index is 1.27. The van der Waals surface area contributed by atoms with Crippen LogP contribution in [0.5, 0.6) is 0 Å². The number of para-hydroxylation sites is 1. The first-order valence-corrected chi connectivity index (χ1v) is 27.7. The average Bonchev–Trinajstić information content (AvgIpc) is 3.56. The van der Waals surface area contributed by atoms with Gasteiger partial charge >= 0.3 is 0 Å². The monoisotopic (exact) mass is 836 g/mol. The number of nitrogens with zero attached hydrogens (tertiary/aromatic N) is 3. The van der Waals surface area contributed by atoms with Gasteiger partial charge in [-0.05, 0) is 125 Å². The fraction of sp³-hybridized carbons (Fsp3) is 0.474. The van der Waals surface area contributed by atoms with E-state index in [4.69, 9.17) is 0 Å². The molecule has 11 rings (SSSR count). The second kappa shape index (κ2) is 12.7. The van der Waals surface area contributed by atoms with Crippen molar-refractivity contribution >= 4 is 76.2 Å². The SMILES string of the molecule is CC(C)(C)c1cccc(N2c3cc(C(C)(C)C)ccc3B3c4cccc5c4N(c4cc(N6c7ccc([Si](C)(C)C)cc7C7(C)CCCCC67C)cc2c43)C2(C)CCCCC52C)c1. The molecule has 62 heavy (non-hydrogen) atoms. The van der Waals surface area contributed by atoms with Gasteiger partial charge in [0.15, 0.2) is 0 Å². The summed E-state index contributed by atoms with van der Waals surface area (Å²) < 4.78 is 0. The van der Waals surface area contributed by atoms with Crippen molar-refractivity contribution in [1.29, 1.82) is 0 Å². The van der Waals surface area contributed by atoms with Gasteiger partial charge in [-0.15, -0.1) is 0 Å². The number of benzene rings is 5. The number of rotatable bonds is 3. The minimum atomic E-state index is -1.55. The molecule has 5 aromatic rings. The molecule has 5 aromatic carbocycles. The van der Waals surface area contributed by atoms with Gasteiger partial charge in [0.25, 0.3) is 6.71 Å². The maximum absolute atomic E-state index is 2.93. The van der Waals surface area contributed by atoms with Gasteiger partial charge in [-0.3, -0.25) is 0 Å². The molecule has 4 atom stereocenters. The normalized spacial score (nSPS) is 27.0. The van der Waals surface area contributed by atoms with Crippen LogP contribution in [0.25, 0.3) is 0 Å². The van der Waals surface area contributed by atoms with Crippen molar-refractivity contribution in [2.24, 2.45) is 0 Å². The van der Waals surface area contributed by atoms with Crippen molar-refractivity contribution in [3.8, 4) is 0 Å². The predicted octanol–water partition coefficient (Wildman–Crippen LogP) is 12.9. The van der Waals surface area contributed by atoms with Crippen molar-refractivity contribution in [1.82, 2.24) is 0 Å². The molecule has 6 aliphatic rings. The molecule has 4 unspecified atom stereocenters. The molecule has 0 spiro atoms. The molecule has 5 heteroatoms. The average molecular weight is 836 g/mol. The van der Waals surface area contributed by atoms with E-state index in [2.05, 4.69) is 195 Å². The Bertz CT molecular complexity index is 2710. The van der Waals surface area contributed by atoms with Crippen LogP contribution in [0.4, 0.5) is 39.8 Å². The standard InChI is InChI=1S/C57H70BN3Si/c1-52(2,3)37-20-18-21-39(32-37)59-47-33-38(53(4,5)6)24-26-44(47)58-45-23-19-22-42-51(45)61(57(10)31-17-14-28-54(42,57)7)49-35-40(34-48(59)50(49)58)60-46-27-25-41(62(11,12)13)36-43(46)55(8)29-15-16-30-56(55,60)9/h18-27,32-36H,14-17,28-31H2,1-13H3. The quantitative estimate of drug-likeness (QED) is 0.164. The van der Waals surface area contributed by atoms with Gasteiger partial charge in [-0.25, -0.2) is 0 Å². The highest BCUT2D eigenvalue weighted by Gasteiger charge is 2.62. The highest BCUT2D eigenvalue weighted by Crippen LogP contribution is 2.64. The zero-order valence-corrected chi connectivity index (χ0v) is 41.2. The van der Waals surface area contributed by atoms with Crippen molar-refractivity contribution in [2.75, 3.05) is 14.7 Å². The van der Waals surface area contributed by atoms with E-state index in [1.165, 1.54) is 119 Å². The maximum Gasteiger partial charge on any atom is 0.252 e. The first-order valence-electron chi connectivity index (χ1n) is 24.2. The molecular formula is C57H70BN3Si. The smallest absolute Gasteiger partial charge is 0.252 e. The molecule has 3 nitrogen and oxygen atoms in total. The Kier molecular flexibility index (Phi) is 8.33. The Morgan fingerprint density at radius 1 is 0.516 bits per heavy atom. The van der Waals surface area contributed by atoms with E-state index >= 15 is 0 Å². The topological polar surface area (TPSA) is 9.72 Å². The van der Waals surface area contributed by atoms with E-state index in [-0.39, 0.29) is 39.5 Å². The van der Waals surface area contributed by atoms with Gasteiger partial charge in [-0.1, -0.05) is 160 Å². The zero-order valence-electron chi connectivity index (χ0n) is 40.2. The number of hydrogen-bond donors (Lipinski definition) is 0. The lowest BCUT2D eigenvalue weighted by Crippen LogP contribution is -2.64. The van der Waals surface area contributed by atoms with Crippen molar-refractivity contribution in [3.63, 3.8) is 0 Å². The highest BCUT2D eigenvalue weighted by molar-refractivity contribution is 7.00. The van der Waals surface area contributed by atoms with Crippen LogP contribution < -0.4 is 36.3 Å². The second-order valence-electron chi connectivity index (χ2n) is 24.5. The summed E-state index contributed by atoms with van der Waals surface area (Å²) in [4.78, 5) is 8.52. The second-order valence-corrected chi connectivity index (χ2v) is 29.6. The fourth-order valence-corrected chi connectivity index (χ4v) is 15.0. The molecule has 0 N–H and O–H groups in total. The number of anilines is 7. The highest BCUT2D eigenvalue weighted by atomic mass is 28.3. The fourth-order valence-electron chi connectivity index (χ4n) is 13.9. The van der Waals surface area contributed by atoms with Gasteiger partial charge in [0.05, 0.1) is 19.2 Å². The summed E-state index contributed by atoms with van der Waals surface area (Å²) in [5.74, 6) is 0. The Morgan fingerprint density at radius 2 is 1.13 bits per heavy atom. The molecule has 320 valence electrons. The third-order valence-electron chi connectivity index (χ3n) is 18.0. The van der Waals surface area contributed by atoms with Gasteiger partial charge in [-0.2, -0.15) is 0 Å². The first kappa shape index (κ1) is 40.5. The molecule has 0 amide bonds. The predicted molar refractivity (Wildman–Crippen MR) is 272 cm³/mol. The van der Waals surface area contributed by atoms with E-state index in [9.17, 15) is 0 Å². The lowest BCUT2D eigenvalue weighted by molar-refractivity contribution is 0.194. The molecule has 4 aliphatic heterocycles. The van der Waals surface area contributed by atoms with Crippen LogP contribution in [0.15, 0.2) is 91.0 Å². The Labute approximate surface area is 375 Å². The van der Waals surface area contributed by atoms with Gasteiger partial charge in [0.1, 0.15) is 0 Å². The van der Waals surface area contributed by atoms with Crippen molar-refractivity contribution < 1.29 is 0 Å². The van der Waals surface area contributed by atoms with E-state index in [0.717, 1.165) is 0 Å². The largest absolute Gasteiger partial charge is 0.335 e. The summed E-state index contributed by atoms with van der Waals surface area (Å²) in [6.07, 6.45) is 9.99. The molecule has 2 saturated carbocycles. The van der Waals surface area contributed by atoms with Crippen LogP contribution in [0.1, 0.15) is 143 Å². The van der Waals surface area contributed by atoms with Gasteiger partial charge < -0.3 is 14.7 Å². The Hall–Kier alpha value is -4.22. The summed E-state index contributed by atoms with van der Waals surface area (Å²) in [6.45, 7) is 32.4.